The Bertz CT molecular complexity index is 587. The van der Waals surface area contributed by atoms with Crippen LogP contribution in [0.3, 0.4) is 0 Å². The molecule has 1 atom stereocenters. The maximum atomic E-state index is 11.9. The first kappa shape index (κ1) is 14.6. The number of carbonyl (C=O) groups excluding carboxylic acids is 3. The first-order valence-corrected chi connectivity index (χ1v) is 6.16. The number of imide groups is 1. The molecule has 3 N–H and O–H groups in total. The Morgan fingerprint density at radius 3 is 2.62 bits per heavy atom. The molecular weight excluding hydrogens is 278 g/mol. The van der Waals surface area contributed by atoms with Crippen molar-refractivity contribution in [3.05, 3.63) is 18.2 Å². The number of benzene rings is 1. The van der Waals surface area contributed by atoms with Gasteiger partial charge in [0.2, 0.25) is 5.91 Å². The van der Waals surface area contributed by atoms with Crippen molar-refractivity contribution in [2.24, 2.45) is 0 Å². The molecule has 112 valence electrons. The number of hydrogen-bond acceptors (Lipinski definition) is 5. The van der Waals surface area contributed by atoms with Gasteiger partial charge in [-0.3, -0.25) is 14.9 Å². The van der Waals surface area contributed by atoms with Crippen molar-refractivity contribution in [2.75, 3.05) is 19.5 Å². The van der Waals surface area contributed by atoms with Crippen LogP contribution in [0.25, 0.3) is 0 Å². The lowest BCUT2D eigenvalue weighted by atomic mass is 10.2. The van der Waals surface area contributed by atoms with Crippen LogP contribution < -0.4 is 25.4 Å². The summed E-state index contributed by atoms with van der Waals surface area (Å²) >= 11 is 0. The maximum absolute atomic E-state index is 11.9. The Morgan fingerprint density at radius 2 is 2.05 bits per heavy atom. The van der Waals surface area contributed by atoms with Crippen LogP contribution in [-0.4, -0.2) is 38.1 Å². The lowest BCUT2D eigenvalue weighted by molar-refractivity contribution is -0.124. The van der Waals surface area contributed by atoms with Crippen molar-refractivity contribution >= 4 is 23.5 Å². The zero-order chi connectivity index (χ0) is 15.4. The highest BCUT2D eigenvalue weighted by Gasteiger charge is 2.31. The predicted molar refractivity (Wildman–Crippen MR) is 73.3 cm³/mol. The van der Waals surface area contributed by atoms with E-state index in [0.29, 0.717) is 17.2 Å². The van der Waals surface area contributed by atoms with Gasteiger partial charge < -0.3 is 20.1 Å². The fourth-order valence-corrected chi connectivity index (χ4v) is 1.89. The van der Waals surface area contributed by atoms with Gasteiger partial charge in [0, 0.05) is 6.07 Å². The molecule has 1 saturated heterocycles. The number of nitrogens with one attached hydrogen (secondary N) is 3. The quantitative estimate of drug-likeness (QED) is 0.674. The molecule has 1 heterocycles. The Morgan fingerprint density at radius 1 is 1.29 bits per heavy atom. The molecule has 2 rings (SSSR count). The highest BCUT2D eigenvalue weighted by Crippen LogP contribution is 2.29. The molecule has 1 aliphatic heterocycles. The Hall–Kier alpha value is -2.77. The Kier molecular flexibility index (Phi) is 4.27. The van der Waals surface area contributed by atoms with Crippen molar-refractivity contribution < 1.29 is 23.9 Å². The fourth-order valence-electron chi connectivity index (χ4n) is 1.89. The van der Waals surface area contributed by atoms with Gasteiger partial charge in [-0.05, 0) is 12.1 Å². The van der Waals surface area contributed by atoms with Gasteiger partial charge in [0.05, 0.1) is 26.3 Å². The third-order valence-corrected chi connectivity index (χ3v) is 2.93. The van der Waals surface area contributed by atoms with Crippen LogP contribution in [0.2, 0.25) is 0 Å². The lowest BCUT2D eigenvalue weighted by Gasteiger charge is -2.12. The topological polar surface area (TPSA) is 106 Å². The SMILES string of the molecule is COc1ccc(NC(=O)CC2NC(=O)NC2=O)c(OC)c1. The zero-order valence-electron chi connectivity index (χ0n) is 11.6. The fraction of sp³-hybridized carbons (Fsp3) is 0.308. The van der Waals surface area contributed by atoms with E-state index in [1.807, 2.05) is 0 Å². The number of hydrogen-bond donors (Lipinski definition) is 3. The molecule has 1 unspecified atom stereocenters. The van der Waals surface area contributed by atoms with E-state index < -0.39 is 23.9 Å². The molecule has 0 aromatic heterocycles. The van der Waals surface area contributed by atoms with E-state index in [1.54, 1.807) is 18.2 Å². The number of urea groups is 1. The third-order valence-electron chi connectivity index (χ3n) is 2.93. The number of methoxy groups -OCH3 is 2. The van der Waals surface area contributed by atoms with Gasteiger partial charge in [-0.2, -0.15) is 0 Å². The van der Waals surface area contributed by atoms with Crippen molar-refractivity contribution in [3.63, 3.8) is 0 Å². The van der Waals surface area contributed by atoms with Gasteiger partial charge >= 0.3 is 6.03 Å². The predicted octanol–water partition coefficient (Wildman–Crippen LogP) is 0.240. The summed E-state index contributed by atoms with van der Waals surface area (Å²) in [5.41, 5.74) is 0.452. The first-order chi connectivity index (χ1) is 10.0. The maximum Gasteiger partial charge on any atom is 0.322 e. The number of carbonyl (C=O) groups is 3. The van der Waals surface area contributed by atoms with Gasteiger partial charge in [0.1, 0.15) is 17.5 Å². The molecule has 4 amide bonds. The van der Waals surface area contributed by atoms with Crippen LogP contribution in [0.5, 0.6) is 11.5 Å². The van der Waals surface area contributed by atoms with E-state index in [9.17, 15) is 14.4 Å². The molecule has 8 nitrogen and oxygen atoms in total. The molecule has 0 saturated carbocycles. The van der Waals surface area contributed by atoms with Gasteiger partial charge in [-0.1, -0.05) is 0 Å². The van der Waals surface area contributed by atoms with Gasteiger partial charge in [0.15, 0.2) is 0 Å². The van der Waals surface area contributed by atoms with E-state index >= 15 is 0 Å². The molecule has 1 aliphatic rings. The zero-order valence-corrected chi connectivity index (χ0v) is 11.6. The molecule has 0 bridgehead atoms. The second kappa shape index (κ2) is 6.12. The average Bonchev–Trinajstić information content (AvgIpc) is 2.77. The van der Waals surface area contributed by atoms with Crippen molar-refractivity contribution in [1.29, 1.82) is 0 Å². The molecule has 8 heteroatoms. The van der Waals surface area contributed by atoms with Crippen molar-refractivity contribution in [2.45, 2.75) is 12.5 Å². The summed E-state index contributed by atoms with van der Waals surface area (Å²) in [7, 11) is 2.99. The number of anilines is 1. The average molecular weight is 293 g/mol. The molecule has 0 spiro atoms. The van der Waals surface area contributed by atoms with E-state index in [0.717, 1.165) is 0 Å². The van der Waals surface area contributed by atoms with Gasteiger partial charge in [0.25, 0.3) is 5.91 Å². The lowest BCUT2D eigenvalue weighted by Crippen LogP contribution is -2.33. The van der Waals surface area contributed by atoms with Crippen LogP contribution in [0, 0.1) is 0 Å². The van der Waals surface area contributed by atoms with Gasteiger partial charge in [-0.15, -0.1) is 0 Å². The second-order valence-electron chi connectivity index (χ2n) is 4.33. The van der Waals surface area contributed by atoms with Crippen LogP contribution >= 0.6 is 0 Å². The molecule has 0 radical (unpaired) electrons. The van der Waals surface area contributed by atoms with Crippen molar-refractivity contribution in [1.82, 2.24) is 10.6 Å². The molecule has 0 aliphatic carbocycles. The summed E-state index contributed by atoms with van der Waals surface area (Å²) in [6, 6.07) is 3.46. The summed E-state index contributed by atoms with van der Waals surface area (Å²) in [5, 5.41) is 7.04. The minimum Gasteiger partial charge on any atom is -0.497 e. The van der Waals surface area contributed by atoms with E-state index in [1.165, 1.54) is 14.2 Å². The summed E-state index contributed by atoms with van der Waals surface area (Å²) < 4.78 is 10.2. The highest BCUT2D eigenvalue weighted by molar-refractivity contribution is 6.07. The van der Waals surface area contributed by atoms with Crippen LogP contribution in [-0.2, 0) is 9.59 Å². The molecule has 21 heavy (non-hydrogen) atoms. The van der Waals surface area contributed by atoms with Crippen molar-refractivity contribution in [3.8, 4) is 11.5 Å². The Labute approximate surface area is 120 Å². The van der Waals surface area contributed by atoms with E-state index in [2.05, 4.69) is 16.0 Å². The smallest absolute Gasteiger partial charge is 0.322 e. The molecule has 1 fully saturated rings. The number of amides is 4. The minimum absolute atomic E-state index is 0.160. The standard InChI is InChI=1S/C13H15N3O5/c1-20-7-3-4-8(10(5-7)21-2)14-11(17)6-9-12(18)16-13(19)15-9/h3-5,9H,6H2,1-2H3,(H,14,17)(H2,15,16,18,19). The molecular formula is C13H15N3O5. The first-order valence-electron chi connectivity index (χ1n) is 6.16. The summed E-state index contributed by atoms with van der Waals surface area (Å²) in [4.78, 5) is 34.2. The normalized spacial score (nSPS) is 17.0. The van der Waals surface area contributed by atoms with Crippen LogP contribution in [0.1, 0.15) is 6.42 Å². The van der Waals surface area contributed by atoms with Gasteiger partial charge in [-0.25, -0.2) is 4.79 Å². The summed E-state index contributed by atoms with van der Waals surface area (Å²) in [6.07, 6.45) is -0.160. The highest BCUT2D eigenvalue weighted by atomic mass is 16.5. The molecule has 1 aromatic carbocycles. The van der Waals surface area contributed by atoms with E-state index in [-0.39, 0.29) is 6.42 Å². The van der Waals surface area contributed by atoms with Crippen LogP contribution in [0.15, 0.2) is 18.2 Å². The summed E-state index contributed by atoms with van der Waals surface area (Å²) in [5.74, 6) is 0.0903. The minimum atomic E-state index is -0.859. The van der Waals surface area contributed by atoms with Crippen LogP contribution in [0.4, 0.5) is 10.5 Å². The Balaban J connectivity index is 2.02. The largest absolute Gasteiger partial charge is 0.497 e. The molecule has 1 aromatic rings. The summed E-state index contributed by atoms with van der Waals surface area (Å²) in [6.45, 7) is 0. The number of ether oxygens (including phenoxy) is 2. The third kappa shape index (κ3) is 3.41. The second-order valence-corrected chi connectivity index (χ2v) is 4.33. The van der Waals surface area contributed by atoms with E-state index in [4.69, 9.17) is 9.47 Å². The number of rotatable bonds is 5. The monoisotopic (exact) mass is 293 g/mol.